The van der Waals surface area contributed by atoms with Crippen LogP contribution in [0.25, 0.3) is 87.2 Å². The molecule has 0 nitrogen and oxygen atoms in total. The van der Waals surface area contributed by atoms with Gasteiger partial charge in [-0.25, -0.2) is 0 Å². The van der Waals surface area contributed by atoms with Gasteiger partial charge in [-0.15, -0.1) is 0 Å². The molecule has 0 bridgehead atoms. The molecule has 0 saturated heterocycles. The first-order valence-corrected chi connectivity index (χ1v) is 15.3. The van der Waals surface area contributed by atoms with Crippen molar-refractivity contribution >= 4 is 53.9 Å². The average Bonchev–Trinajstić information content (AvgIpc) is 3.10. The minimum absolute atomic E-state index is 1.23. The van der Waals surface area contributed by atoms with Crippen LogP contribution in [0.3, 0.4) is 0 Å². The lowest BCUT2D eigenvalue weighted by Gasteiger charge is -2.20. The quantitative estimate of drug-likeness (QED) is 0.190. The fraction of sp³-hybridized carbons (Fsp3) is 0. The molecular weight excluding hydrogens is 528 g/mol. The maximum atomic E-state index is 2.44. The standard InChI is InChI=1S/C44H28/c1-4-18-33-29(12-1)15-9-23-36(33)32-26-27-41-42(28-32)44(38-25-11-17-31-14-3-6-20-35(31)38)40-22-8-7-21-39(40)43(41)37-24-10-16-30-13-2-5-19-34(30)37/h1-28H. The van der Waals surface area contributed by atoms with Crippen molar-refractivity contribution in [3.05, 3.63) is 170 Å². The highest BCUT2D eigenvalue weighted by Gasteiger charge is 2.20. The Labute approximate surface area is 256 Å². The molecule has 9 rings (SSSR count). The summed E-state index contributed by atoms with van der Waals surface area (Å²) in [4.78, 5) is 0. The fourth-order valence-electron chi connectivity index (χ4n) is 7.29. The highest BCUT2D eigenvalue weighted by atomic mass is 14.2. The summed E-state index contributed by atoms with van der Waals surface area (Å²) in [6.07, 6.45) is 0. The summed E-state index contributed by atoms with van der Waals surface area (Å²) in [6, 6.07) is 62.4. The van der Waals surface area contributed by atoms with Gasteiger partial charge in [0.1, 0.15) is 0 Å². The van der Waals surface area contributed by atoms with E-state index in [1.54, 1.807) is 0 Å². The van der Waals surface area contributed by atoms with Gasteiger partial charge in [0.25, 0.3) is 0 Å². The molecule has 0 fully saturated rings. The van der Waals surface area contributed by atoms with Crippen LogP contribution in [0.5, 0.6) is 0 Å². The molecular formula is C44H28. The maximum absolute atomic E-state index is 2.44. The van der Waals surface area contributed by atoms with Crippen LogP contribution in [0.15, 0.2) is 170 Å². The zero-order valence-corrected chi connectivity index (χ0v) is 24.2. The van der Waals surface area contributed by atoms with Crippen molar-refractivity contribution in [1.82, 2.24) is 0 Å². The summed E-state index contributed by atoms with van der Waals surface area (Å²) in [5.74, 6) is 0. The molecule has 9 aromatic carbocycles. The predicted molar refractivity (Wildman–Crippen MR) is 190 cm³/mol. The van der Waals surface area contributed by atoms with Crippen LogP contribution in [0, 0.1) is 0 Å². The second-order valence-corrected chi connectivity index (χ2v) is 11.6. The van der Waals surface area contributed by atoms with Gasteiger partial charge in [0.2, 0.25) is 0 Å². The number of fused-ring (bicyclic) bond motifs is 5. The zero-order chi connectivity index (χ0) is 29.0. The molecule has 204 valence electrons. The number of hydrogen-bond donors (Lipinski definition) is 0. The topological polar surface area (TPSA) is 0 Å². The normalized spacial score (nSPS) is 11.6. The molecule has 0 amide bonds. The molecule has 9 aromatic rings. The average molecular weight is 557 g/mol. The van der Waals surface area contributed by atoms with Crippen molar-refractivity contribution in [1.29, 1.82) is 0 Å². The van der Waals surface area contributed by atoms with E-state index in [0.717, 1.165) is 0 Å². The Balaban J connectivity index is 1.48. The van der Waals surface area contributed by atoms with Gasteiger partial charge in [0.15, 0.2) is 0 Å². The second-order valence-electron chi connectivity index (χ2n) is 11.6. The van der Waals surface area contributed by atoms with Crippen molar-refractivity contribution in [2.45, 2.75) is 0 Å². The van der Waals surface area contributed by atoms with Crippen molar-refractivity contribution in [3.63, 3.8) is 0 Å². The molecule has 0 aliphatic heterocycles. The first-order chi connectivity index (χ1) is 21.8. The Kier molecular flexibility index (Phi) is 5.61. The minimum atomic E-state index is 1.23. The molecule has 0 spiro atoms. The van der Waals surface area contributed by atoms with Crippen LogP contribution >= 0.6 is 0 Å². The summed E-state index contributed by atoms with van der Waals surface area (Å²) in [5, 5.41) is 12.7. The van der Waals surface area contributed by atoms with Gasteiger partial charge in [-0.3, -0.25) is 0 Å². The largest absolute Gasteiger partial charge is 0.0616 e. The van der Waals surface area contributed by atoms with E-state index < -0.39 is 0 Å². The van der Waals surface area contributed by atoms with Gasteiger partial charge >= 0.3 is 0 Å². The van der Waals surface area contributed by atoms with Gasteiger partial charge in [-0.1, -0.05) is 164 Å². The first kappa shape index (κ1) is 24.8. The minimum Gasteiger partial charge on any atom is -0.0616 e. The van der Waals surface area contributed by atoms with Crippen LogP contribution in [-0.4, -0.2) is 0 Å². The molecule has 0 heterocycles. The van der Waals surface area contributed by atoms with Gasteiger partial charge in [-0.05, 0) is 93.3 Å². The molecule has 0 radical (unpaired) electrons. The third-order valence-electron chi connectivity index (χ3n) is 9.24. The Morgan fingerprint density at radius 2 is 0.591 bits per heavy atom. The van der Waals surface area contributed by atoms with Crippen LogP contribution in [0.4, 0.5) is 0 Å². The lowest BCUT2D eigenvalue weighted by Crippen LogP contribution is -1.93. The lowest BCUT2D eigenvalue weighted by atomic mass is 9.82. The van der Waals surface area contributed by atoms with E-state index >= 15 is 0 Å². The molecule has 0 N–H and O–H groups in total. The Hall–Kier alpha value is -5.72. The van der Waals surface area contributed by atoms with Gasteiger partial charge in [0.05, 0.1) is 0 Å². The summed E-state index contributed by atoms with van der Waals surface area (Å²) in [7, 11) is 0. The van der Waals surface area contributed by atoms with Gasteiger partial charge < -0.3 is 0 Å². The monoisotopic (exact) mass is 556 g/mol. The summed E-state index contributed by atoms with van der Waals surface area (Å²) in [6.45, 7) is 0. The fourth-order valence-corrected chi connectivity index (χ4v) is 7.29. The van der Waals surface area contributed by atoms with E-state index in [4.69, 9.17) is 0 Å². The van der Waals surface area contributed by atoms with Crippen molar-refractivity contribution in [3.8, 4) is 33.4 Å². The summed E-state index contributed by atoms with van der Waals surface area (Å²) in [5.41, 5.74) is 7.61. The number of rotatable bonds is 3. The number of benzene rings is 9. The third kappa shape index (κ3) is 3.78. The van der Waals surface area contributed by atoms with Crippen LogP contribution in [0.2, 0.25) is 0 Å². The molecule has 0 saturated carbocycles. The lowest BCUT2D eigenvalue weighted by molar-refractivity contribution is 1.66. The van der Waals surface area contributed by atoms with Gasteiger partial charge in [-0.2, -0.15) is 0 Å². The SMILES string of the molecule is c1ccc2c(-c3ccc4c(-c5cccc6ccccc56)c5ccccc5c(-c5cccc6ccccc56)c4c3)cccc2c1. The third-order valence-corrected chi connectivity index (χ3v) is 9.24. The van der Waals surface area contributed by atoms with E-state index in [-0.39, 0.29) is 0 Å². The Bertz CT molecular complexity index is 2540. The maximum Gasteiger partial charge on any atom is -0.00199 e. The molecule has 0 aliphatic rings. The summed E-state index contributed by atoms with van der Waals surface area (Å²) >= 11 is 0. The van der Waals surface area contributed by atoms with E-state index in [9.17, 15) is 0 Å². The first-order valence-electron chi connectivity index (χ1n) is 15.3. The second kappa shape index (κ2) is 9.93. The smallest absolute Gasteiger partial charge is 0.00199 e. The zero-order valence-electron chi connectivity index (χ0n) is 24.2. The molecule has 0 heteroatoms. The molecule has 44 heavy (non-hydrogen) atoms. The Morgan fingerprint density at radius 1 is 0.227 bits per heavy atom. The molecule has 0 atom stereocenters. The number of hydrogen-bond acceptors (Lipinski definition) is 0. The van der Waals surface area contributed by atoms with Gasteiger partial charge in [0, 0.05) is 0 Å². The predicted octanol–water partition coefficient (Wildman–Crippen LogP) is 12.5. The van der Waals surface area contributed by atoms with Crippen molar-refractivity contribution < 1.29 is 0 Å². The Morgan fingerprint density at radius 3 is 1.11 bits per heavy atom. The van der Waals surface area contributed by atoms with Crippen LogP contribution in [-0.2, 0) is 0 Å². The van der Waals surface area contributed by atoms with E-state index in [2.05, 4.69) is 170 Å². The summed E-state index contributed by atoms with van der Waals surface area (Å²) < 4.78 is 0. The molecule has 0 aliphatic carbocycles. The van der Waals surface area contributed by atoms with Crippen LogP contribution < -0.4 is 0 Å². The highest BCUT2D eigenvalue weighted by Crippen LogP contribution is 2.47. The van der Waals surface area contributed by atoms with Crippen LogP contribution in [0.1, 0.15) is 0 Å². The van der Waals surface area contributed by atoms with Crippen molar-refractivity contribution in [2.24, 2.45) is 0 Å². The molecule has 0 aromatic heterocycles. The van der Waals surface area contributed by atoms with Crippen molar-refractivity contribution in [2.75, 3.05) is 0 Å². The highest BCUT2D eigenvalue weighted by molar-refractivity contribution is 6.25. The van der Waals surface area contributed by atoms with E-state index in [1.807, 2.05) is 0 Å². The van der Waals surface area contributed by atoms with E-state index in [0.29, 0.717) is 0 Å². The van der Waals surface area contributed by atoms with E-state index in [1.165, 1.54) is 87.2 Å². The molecule has 0 unspecified atom stereocenters.